The number of thiazole rings is 1. The van der Waals surface area contributed by atoms with Gasteiger partial charge in [0.15, 0.2) is 4.34 Å². The summed E-state index contributed by atoms with van der Waals surface area (Å²) >= 11 is 2.83. The van der Waals surface area contributed by atoms with E-state index >= 15 is 0 Å². The maximum absolute atomic E-state index is 12.2. The Labute approximate surface area is 156 Å². The minimum Gasteiger partial charge on any atom is -0.466 e. The van der Waals surface area contributed by atoms with E-state index in [9.17, 15) is 9.59 Å². The molecule has 0 fully saturated rings. The van der Waals surface area contributed by atoms with E-state index in [1.807, 2.05) is 43.5 Å². The second-order valence-corrected chi connectivity index (χ2v) is 8.00. The number of nitrogens with zero attached hydrogens (tertiary/aromatic N) is 1. The maximum Gasteiger partial charge on any atom is 0.311 e. The fourth-order valence-corrected chi connectivity index (χ4v) is 4.03. The molecule has 0 aliphatic carbocycles. The summed E-state index contributed by atoms with van der Waals surface area (Å²) in [4.78, 5) is 28.1. The molecule has 134 valence electrons. The number of esters is 1. The number of carbonyl (C=O) groups excluding carboxylic acids is 2. The average molecular weight is 379 g/mol. The molecule has 1 aromatic carbocycles. The highest BCUT2D eigenvalue weighted by Gasteiger charge is 2.17. The number of aromatic nitrogens is 1. The third-order valence-corrected chi connectivity index (χ3v) is 5.52. The van der Waals surface area contributed by atoms with Crippen molar-refractivity contribution in [3.05, 3.63) is 46.5 Å². The largest absolute Gasteiger partial charge is 0.466 e. The van der Waals surface area contributed by atoms with Crippen LogP contribution in [0.4, 0.5) is 0 Å². The van der Waals surface area contributed by atoms with Gasteiger partial charge in [-0.2, -0.15) is 0 Å². The molecular formula is C18H22N2O3S2. The Morgan fingerprint density at radius 1 is 1.32 bits per heavy atom. The zero-order chi connectivity index (χ0) is 18.2. The number of benzene rings is 1. The van der Waals surface area contributed by atoms with Crippen LogP contribution in [-0.4, -0.2) is 28.7 Å². The van der Waals surface area contributed by atoms with Crippen molar-refractivity contribution >= 4 is 35.0 Å². The Morgan fingerprint density at radius 3 is 2.72 bits per heavy atom. The monoisotopic (exact) mass is 378 g/mol. The first-order valence-electron chi connectivity index (χ1n) is 8.08. The van der Waals surface area contributed by atoms with Crippen LogP contribution in [0.1, 0.15) is 30.7 Å². The molecule has 0 aliphatic heterocycles. The number of aryl methyl sites for hydroxylation is 1. The van der Waals surface area contributed by atoms with Gasteiger partial charge in [0.2, 0.25) is 5.91 Å². The molecule has 25 heavy (non-hydrogen) atoms. The molecule has 0 saturated heterocycles. The molecule has 1 heterocycles. The standard InChI is InChI=1S/C18H22N2O3S2/c1-4-23-16(21)9-15-11-24-18(20-15)25-13(3)17(22)19-10-14-7-5-12(2)6-8-14/h5-8,11,13H,4,9-10H2,1-3H3,(H,19,22)/t13-/m0/s1. The number of carbonyl (C=O) groups is 2. The maximum atomic E-state index is 12.2. The van der Waals surface area contributed by atoms with E-state index in [1.54, 1.807) is 6.92 Å². The Bertz CT molecular complexity index is 713. The second kappa shape index (κ2) is 9.58. The fraction of sp³-hybridized carbons (Fsp3) is 0.389. The minimum absolute atomic E-state index is 0.0345. The van der Waals surface area contributed by atoms with Crippen LogP contribution in [0.25, 0.3) is 0 Å². The van der Waals surface area contributed by atoms with Crippen LogP contribution in [-0.2, 0) is 27.3 Å². The van der Waals surface area contributed by atoms with Gasteiger partial charge in [-0.1, -0.05) is 41.6 Å². The highest BCUT2D eigenvalue weighted by molar-refractivity contribution is 8.02. The first-order valence-corrected chi connectivity index (χ1v) is 9.83. The van der Waals surface area contributed by atoms with Gasteiger partial charge < -0.3 is 10.1 Å². The lowest BCUT2D eigenvalue weighted by Gasteiger charge is -2.10. The lowest BCUT2D eigenvalue weighted by atomic mass is 10.1. The summed E-state index contributed by atoms with van der Waals surface area (Å²) in [7, 11) is 0. The molecular weight excluding hydrogens is 356 g/mol. The van der Waals surface area contributed by atoms with Gasteiger partial charge in [-0.05, 0) is 26.3 Å². The molecule has 7 heteroatoms. The van der Waals surface area contributed by atoms with Crippen LogP contribution < -0.4 is 5.32 Å². The lowest BCUT2D eigenvalue weighted by Crippen LogP contribution is -2.30. The molecule has 0 unspecified atom stereocenters. The third-order valence-electron chi connectivity index (χ3n) is 3.40. The smallest absolute Gasteiger partial charge is 0.311 e. The van der Waals surface area contributed by atoms with E-state index < -0.39 is 0 Å². The fourth-order valence-electron chi connectivity index (χ4n) is 2.03. The predicted octanol–water partition coefficient (Wildman–Crippen LogP) is 3.35. The summed E-state index contributed by atoms with van der Waals surface area (Å²) in [5.41, 5.74) is 2.95. The SMILES string of the molecule is CCOC(=O)Cc1csc(S[C@@H](C)C(=O)NCc2ccc(C)cc2)n1. The van der Waals surface area contributed by atoms with Gasteiger partial charge in [0.1, 0.15) is 0 Å². The van der Waals surface area contributed by atoms with Gasteiger partial charge in [-0.3, -0.25) is 9.59 Å². The van der Waals surface area contributed by atoms with E-state index in [-0.39, 0.29) is 23.5 Å². The van der Waals surface area contributed by atoms with Crippen molar-refractivity contribution in [2.45, 2.75) is 43.3 Å². The molecule has 2 rings (SSSR count). The van der Waals surface area contributed by atoms with Crippen molar-refractivity contribution in [1.29, 1.82) is 0 Å². The van der Waals surface area contributed by atoms with Gasteiger partial charge in [-0.15, -0.1) is 11.3 Å². The van der Waals surface area contributed by atoms with Gasteiger partial charge in [0, 0.05) is 11.9 Å². The van der Waals surface area contributed by atoms with Crippen LogP contribution in [0.15, 0.2) is 34.0 Å². The molecule has 0 bridgehead atoms. The van der Waals surface area contributed by atoms with Crippen molar-refractivity contribution in [2.75, 3.05) is 6.61 Å². The average Bonchev–Trinajstić information content (AvgIpc) is 3.01. The van der Waals surface area contributed by atoms with E-state index in [1.165, 1.54) is 28.7 Å². The Kier molecular flexibility index (Phi) is 7.46. The second-order valence-electron chi connectivity index (χ2n) is 5.55. The zero-order valence-corrected chi connectivity index (χ0v) is 16.2. The molecule has 0 saturated carbocycles. The van der Waals surface area contributed by atoms with E-state index in [4.69, 9.17) is 4.74 Å². The van der Waals surface area contributed by atoms with Gasteiger partial charge in [0.05, 0.1) is 24.0 Å². The number of hydrogen-bond donors (Lipinski definition) is 1. The van der Waals surface area contributed by atoms with Gasteiger partial charge in [0.25, 0.3) is 0 Å². The summed E-state index contributed by atoms with van der Waals surface area (Å²) in [5.74, 6) is -0.319. The van der Waals surface area contributed by atoms with Crippen LogP contribution in [0.2, 0.25) is 0 Å². The molecule has 1 aromatic heterocycles. The number of ether oxygens (including phenoxy) is 1. The minimum atomic E-state index is -0.284. The first-order chi connectivity index (χ1) is 12.0. The summed E-state index contributed by atoms with van der Waals surface area (Å²) < 4.78 is 5.69. The summed E-state index contributed by atoms with van der Waals surface area (Å²) in [6.45, 7) is 6.53. The number of rotatable bonds is 8. The Hall–Kier alpha value is -1.86. The van der Waals surface area contributed by atoms with E-state index in [0.717, 1.165) is 9.90 Å². The van der Waals surface area contributed by atoms with Crippen molar-refractivity contribution in [2.24, 2.45) is 0 Å². The van der Waals surface area contributed by atoms with Crippen LogP contribution in [0.5, 0.6) is 0 Å². The van der Waals surface area contributed by atoms with Crippen molar-refractivity contribution < 1.29 is 14.3 Å². The van der Waals surface area contributed by atoms with Crippen LogP contribution in [0, 0.1) is 6.92 Å². The summed E-state index contributed by atoms with van der Waals surface area (Å²) in [6, 6.07) is 8.08. The molecule has 0 spiro atoms. The van der Waals surface area contributed by atoms with Crippen LogP contribution in [0.3, 0.4) is 0 Å². The molecule has 1 atom stereocenters. The highest BCUT2D eigenvalue weighted by atomic mass is 32.2. The number of amides is 1. The van der Waals surface area contributed by atoms with Gasteiger partial charge >= 0.3 is 5.97 Å². The summed E-state index contributed by atoms with van der Waals surface area (Å²) in [6.07, 6.45) is 0.166. The van der Waals surface area contributed by atoms with Crippen molar-refractivity contribution in [3.63, 3.8) is 0 Å². The van der Waals surface area contributed by atoms with E-state index in [0.29, 0.717) is 18.8 Å². The highest BCUT2D eigenvalue weighted by Crippen LogP contribution is 2.27. The molecule has 0 aliphatic rings. The quantitative estimate of drug-likeness (QED) is 0.563. The van der Waals surface area contributed by atoms with Crippen LogP contribution >= 0.6 is 23.1 Å². The first kappa shape index (κ1) is 19.5. The van der Waals surface area contributed by atoms with Crippen molar-refractivity contribution in [1.82, 2.24) is 10.3 Å². The molecule has 2 aromatic rings. The summed E-state index contributed by atoms with van der Waals surface area (Å²) in [5, 5.41) is 4.51. The molecule has 0 radical (unpaired) electrons. The molecule has 1 N–H and O–H groups in total. The Morgan fingerprint density at radius 2 is 2.04 bits per heavy atom. The third kappa shape index (κ3) is 6.51. The number of hydrogen-bond acceptors (Lipinski definition) is 6. The lowest BCUT2D eigenvalue weighted by molar-refractivity contribution is -0.142. The predicted molar refractivity (Wildman–Crippen MR) is 101 cm³/mol. The topological polar surface area (TPSA) is 68.3 Å². The number of thioether (sulfide) groups is 1. The van der Waals surface area contributed by atoms with Gasteiger partial charge in [-0.25, -0.2) is 4.98 Å². The molecule has 1 amide bonds. The zero-order valence-electron chi connectivity index (χ0n) is 14.6. The normalized spacial score (nSPS) is 11.8. The number of nitrogens with one attached hydrogen (secondary N) is 1. The van der Waals surface area contributed by atoms with Crippen molar-refractivity contribution in [3.8, 4) is 0 Å². The van der Waals surface area contributed by atoms with E-state index in [2.05, 4.69) is 10.3 Å². The Balaban J connectivity index is 1.81. The molecule has 5 nitrogen and oxygen atoms in total.